The average Bonchev–Trinajstić information content (AvgIpc) is 3.09. The summed E-state index contributed by atoms with van der Waals surface area (Å²) in [5, 5.41) is 4.06. The van der Waals surface area contributed by atoms with E-state index in [0.29, 0.717) is 27.5 Å². The van der Waals surface area contributed by atoms with Crippen LogP contribution in [0.15, 0.2) is 81.1 Å². The normalized spacial score (nSPS) is 16.0. The highest BCUT2D eigenvalue weighted by molar-refractivity contribution is 9.10. The van der Waals surface area contributed by atoms with Crippen LogP contribution < -0.4 is 10.1 Å². The number of nitrogens with one attached hydrogen (secondary N) is 1. The van der Waals surface area contributed by atoms with Gasteiger partial charge in [0.1, 0.15) is 12.4 Å². The maximum absolute atomic E-state index is 12.5. The highest BCUT2D eigenvalue weighted by Crippen LogP contribution is 2.32. The van der Waals surface area contributed by atoms with Crippen molar-refractivity contribution in [3.63, 3.8) is 0 Å². The molecule has 4 rings (SSSR count). The minimum absolute atomic E-state index is 0.181. The third-order valence-corrected chi connectivity index (χ3v) is 6.14. The maximum atomic E-state index is 12.5. The fraction of sp³-hybridized carbons (Fsp3) is 0.0833. The number of hydrogen-bond acceptors (Lipinski definition) is 4. The first-order valence-electron chi connectivity index (χ1n) is 9.49. The van der Waals surface area contributed by atoms with Gasteiger partial charge in [-0.15, -0.1) is 0 Å². The summed E-state index contributed by atoms with van der Waals surface area (Å²) in [4.78, 5) is 17.6. The number of amidine groups is 1. The molecule has 0 saturated carbocycles. The van der Waals surface area contributed by atoms with Gasteiger partial charge in [-0.3, -0.25) is 4.79 Å². The van der Waals surface area contributed by atoms with Gasteiger partial charge in [-0.25, -0.2) is 4.99 Å². The Bertz CT molecular complexity index is 1180. The van der Waals surface area contributed by atoms with Crippen molar-refractivity contribution in [3.8, 4) is 5.75 Å². The summed E-state index contributed by atoms with van der Waals surface area (Å²) < 4.78 is 6.92. The Morgan fingerprint density at radius 3 is 2.58 bits per heavy atom. The Labute approximate surface area is 198 Å². The van der Waals surface area contributed by atoms with Crippen LogP contribution in [-0.4, -0.2) is 11.1 Å². The van der Waals surface area contributed by atoms with Gasteiger partial charge in [0.25, 0.3) is 5.91 Å². The first-order valence-corrected chi connectivity index (χ1v) is 11.5. The molecule has 1 heterocycles. The van der Waals surface area contributed by atoms with E-state index in [4.69, 9.17) is 16.3 Å². The Morgan fingerprint density at radius 2 is 1.84 bits per heavy atom. The van der Waals surface area contributed by atoms with Gasteiger partial charge in [0.05, 0.1) is 10.6 Å². The molecule has 1 aliphatic heterocycles. The van der Waals surface area contributed by atoms with Crippen molar-refractivity contribution in [2.45, 2.75) is 13.5 Å². The van der Waals surface area contributed by atoms with Crippen LogP contribution >= 0.6 is 39.3 Å². The Balaban J connectivity index is 1.54. The molecule has 1 fully saturated rings. The van der Waals surface area contributed by atoms with Crippen LogP contribution in [0.4, 0.5) is 5.69 Å². The van der Waals surface area contributed by atoms with Crippen molar-refractivity contribution in [3.05, 3.63) is 97.8 Å². The largest absolute Gasteiger partial charge is 0.488 e. The van der Waals surface area contributed by atoms with Gasteiger partial charge < -0.3 is 10.1 Å². The lowest BCUT2D eigenvalue weighted by Crippen LogP contribution is -2.19. The second-order valence-electron chi connectivity index (χ2n) is 6.91. The number of nitrogens with zero attached hydrogens (tertiary/aromatic N) is 1. The van der Waals surface area contributed by atoms with E-state index in [2.05, 4.69) is 26.2 Å². The summed E-state index contributed by atoms with van der Waals surface area (Å²) in [6.45, 7) is 2.42. The number of thioether (sulfide) groups is 1. The van der Waals surface area contributed by atoms with E-state index < -0.39 is 0 Å². The van der Waals surface area contributed by atoms with E-state index in [0.717, 1.165) is 26.9 Å². The van der Waals surface area contributed by atoms with E-state index in [1.165, 1.54) is 11.8 Å². The van der Waals surface area contributed by atoms with Gasteiger partial charge >= 0.3 is 0 Å². The number of aliphatic imine (C=N–C) groups is 1. The number of carbonyl (C=O) groups is 1. The number of carbonyl (C=O) groups excluding carboxylic acids is 1. The molecule has 0 bridgehead atoms. The molecular weight excluding hydrogens is 496 g/mol. The van der Waals surface area contributed by atoms with Crippen molar-refractivity contribution >= 4 is 62.1 Å². The highest BCUT2D eigenvalue weighted by Gasteiger charge is 2.24. The summed E-state index contributed by atoms with van der Waals surface area (Å²) in [6.07, 6.45) is 1.82. The predicted octanol–water partition coefficient (Wildman–Crippen LogP) is 6.88. The Morgan fingerprint density at radius 1 is 1.10 bits per heavy atom. The molecule has 0 radical (unpaired) electrons. The van der Waals surface area contributed by atoms with E-state index in [9.17, 15) is 4.79 Å². The molecule has 1 N–H and O–H groups in total. The van der Waals surface area contributed by atoms with E-state index in [1.54, 1.807) is 0 Å². The summed E-state index contributed by atoms with van der Waals surface area (Å²) >= 11 is 10.8. The lowest BCUT2D eigenvalue weighted by molar-refractivity contribution is -0.115. The third-order valence-electron chi connectivity index (χ3n) is 4.48. The van der Waals surface area contributed by atoms with Gasteiger partial charge in [0, 0.05) is 15.1 Å². The van der Waals surface area contributed by atoms with E-state index in [-0.39, 0.29) is 5.91 Å². The molecule has 7 heteroatoms. The SMILES string of the molecule is Cc1ccc(N=C2NC(=O)/C(=C/c3cc(Br)ccc3OCc3ccc(Cl)cc3)S2)cc1. The number of aryl methyl sites for hydroxylation is 1. The molecule has 4 nitrogen and oxygen atoms in total. The summed E-state index contributed by atoms with van der Waals surface area (Å²) in [6, 6.07) is 21.1. The molecule has 0 spiro atoms. The number of benzene rings is 3. The molecule has 0 atom stereocenters. The maximum Gasteiger partial charge on any atom is 0.264 e. The molecule has 1 amide bonds. The molecule has 3 aromatic rings. The average molecular weight is 514 g/mol. The lowest BCUT2D eigenvalue weighted by Gasteiger charge is -2.10. The second kappa shape index (κ2) is 9.73. The quantitative estimate of drug-likeness (QED) is 0.378. The summed E-state index contributed by atoms with van der Waals surface area (Å²) in [5.74, 6) is 0.502. The van der Waals surface area contributed by atoms with Crippen LogP contribution in [0.2, 0.25) is 5.02 Å². The molecule has 1 aliphatic rings. The van der Waals surface area contributed by atoms with Gasteiger partial charge in [-0.1, -0.05) is 57.4 Å². The standard InChI is InChI=1S/C24H18BrClN2O2S/c1-15-2-9-20(10-3-15)27-24-28-23(29)22(31-24)13-17-12-18(25)6-11-21(17)30-14-16-4-7-19(26)8-5-16/h2-13H,14H2,1H3,(H,27,28,29)/b22-13-. The minimum atomic E-state index is -0.181. The predicted molar refractivity (Wildman–Crippen MR) is 132 cm³/mol. The van der Waals surface area contributed by atoms with Crippen LogP contribution in [0.1, 0.15) is 16.7 Å². The van der Waals surface area contributed by atoms with Crippen molar-refractivity contribution in [2.24, 2.45) is 4.99 Å². The number of halogens is 2. The monoisotopic (exact) mass is 512 g/mol. The van der Waals surface area contributed by atoms with Gasteiger partial charge in [0.2, 0.25) is 0 Å². The number of hydrogen-bond donors (Lipinski definition) is 1. The molecule has 0 unspecified atom stereocenters. The smallest absolute Gasteiger partial charge is 0.264 e. The summed E-state index contributed by atoms with van der Waals surface area (Å²) in [5.41, 5.74) is 3.77. The van der Waals surface area contributed by atoms with Gasteiger partial charge in [-0.2, -0.15) is 0 Å². The molecular formula is C24H18BrClN2O2S. The van der Waals surface area contributed by atoms with Crippen molar-refractivity contribution < 1.29 is 9.53 Å². The molecule has 3 aromatic carbocycles. The fourth-order valence-electron chi connectivity index (χ4n) is 2.86. The summed E-state index contributed by atoms with van der Waals surface area (Å²) in [7, 11) is 0. The fourth-order valence-corrected chi connectivity index (χ4v) is 4.20. The van der Waals surface area contributed by atoms with Crippen LogP contribution in [-0.2, 0) is 11.4 Å². The topological polar surface area (TPSA) is 50.7 Å². The van der Waals surface area contributed by atoms with Gasteiger partial charge in [0.15, 0.2) is 5.17 Å². The molecule has 31 heavy (non-hydrogen) atoms. The zero-order valence-corrected chi connectivity index (χ0v) is 19.7. The first kappa shape index (κ1) is 21.7. The second-order valence-corrected chi connectivity index (χ2v) is 9.30. The minimum Gasteiger partial charge on any atom is -0.488 e. The van der Waals surface area contributed by atoms with Crippen LogP contribution in [0.3, 0.4) is 0 Å². The third kappa shape index (κ3) is 5.79. The van der Waals surface area contributed by atoms with Gasteiger partial charge in [-0.05, 0) is 72.8 Å². The zero-order chi connectivity index (χ0) is 21.8. The van der Waals surface area contributed by atoms with Crippen molar-refractivity contribution in [1.29, 1.82) is 0 Å². The highest BCUT2D eigenvalue weighted by atomic mass is 79.9. The van der Waals surface area contributed by atoms with Crippen LogP contribution in [0, 0.1) is 6.92 Å². The Kier molecular flexibility index (Phi) is 6.80. The molecule has 1 saturated heterocycles. The van der Waals surface area contributed by atoms with Crippen molar-refractivity contribution in [2.75, 3.05) is 0 Å². The lowest BCUT2D eigenvalue weighted by atomic mass is 10.2. The van der Waals surface area contributed by atoms with E-state index in [1.807, 2.05) is 79.7 Å². The molecule has 0 aliphatic carbocycles. The van der Waals surface area contributed by atoms with Crippen LogP contribution in [0.25, 0.3) is 6.08 Å². The number of amides is 1. The molecule has 156 valence electrons. The number of rotatable bonds is 5. The molecule has 0 aromatic heterocycles. The van der Waals surface area contributed by atoms with Crippen LogP contribution in [0.5, 0.6) is 5.75 Å². The number of ether oxygens (including phenoxy) is 1. The first-order chi connectivity index (χ1) is 15.0. The Hall–Kier alpha value is -2.54. The van der Waals surface area contributed by atoms with E-state index >= 15 is 0 Å². The van der Waals surface area contributed by atoms with Crippen molar-refractivity contribution in [1.82, 2.24) is 5.32 Å². The zero-order valence-electron chi connectivity index (χ0n) is 16.6.